The van der Waals surface area contributed by atoms with Crippen molar-refractivity contribution in [2.75, 3.05) is 11.9 Å². The first kappa shape index (κ1) is 19.5. The minimum atomic E-state index is -0.145. The molecule has 4 rings (SSSR count). The number of amides is 2. The van der Waals surface area contributed by atoms with Crippen LogP contribution in [-0.2, 0) is 11.3 Å². The van der Waals surface area contributed by atoms with Crippen molar-refractivity contribution in [3.63, 3.8) is 0 Å². The van der Waals surface area contributed by atoms with Crippen LogP contribution >= 0.6 is 11.3 Å². The quantitative estimate of drug-likeness (QED) is 0.695. The van der Waals surface area contributed by atoms with E-state index in [1.807, 2.05) is 49.9 Å². The second kappa shape index (κ2) is 7.91. The van der Waals surface area contributed by atoms with Gasteiger partial charge >= 0.3 is 0 Å². The molecule has 1 fully saturated rings. The first-order chi connectivity index (χ1) is 13.9. The summed E-state index contributed by atoms with van der Waals surface area (Å²) in [4.78, 5) is 37.3. The van der Waals surface area contributed by atoms with E-state index in [4.69, 9.17) is 0 Å². The molecule has 1 aromatic carbocycles. The van der Waals surface area contributed by atoms with Gasteiger partial charge in [0.1, 0.15) is 10.7 Å². The lowest BCUT2D eigenvalue weighted by Crippen LogP contribution is -2.34. The SMILES string of the molecule is Cc1nc(C)c2c(C)c(C(=O)Nc3cccc(CN4CCCCC4=O)c3)sc2n1. The molecule has 3 aromatic rings. The molecule has 0 bridgehead atoms. The van der Waals surface area contributed by atoms with E-state index in [1.54, 1.807) is 0 Å². The summed E-state index contributed by atoms with van der Waals surface area (Å²) in [7, 11) is 0. The van der Waals surface area contributed by atoms with Crippen LogP contribution in [0.5, 0.6) is 0 Å². The predicted molar refractivity (Wildman–Crippen MR) is 115 cm³/mol. The van der Waals surface area contributed by atoms with E-state index in [0.29, 0.717) is 23.7 Å². The predicted octanol–water partition coefficient (Wildman–Crippen LogP) is 4.38. The Morgan fingerprint density at radius 3 is 2.83 bits per heavy atom. The molecule has 29 heavy (non-hydrogen) atoms. The summed E-state index contributed by atoms with van der Waals surface area (Å²) >= 11 is 1.40. The minimum Gasteiger partial charge on any atom is -0.338 e. The van der Waals surface area contributed by atoms with Crippen molar-refractivity contribution in [2.45, 2.75) is 46.6 Å². The molecule has 0 unspecified atom stereocenters. The number of aryl methyl sites for hydroxylation is 3. The van der Waals surface area contributed by atoms with Crippen molar-refractivity contribution in [3.05, 3.63) is 51.8 Å². The smallest absolute Gasteiger partial charge is 0.266 e. The number of hydrogen-bond acceptors (Lipinski definition) is 5. The fourth-order valence-corrected chi connectivity index (χ4v) is 5.05. The van der Waals surface area contributed by atoms with Gasteiger partial charge in [0.2, 0.25) is 5.91 Å². The molecule has 150 valence electrons. The number of hydrogen-bond donors (Lipinski definition) is 1. The summed E-state index contributed by atoms with van der Waals surface area (Å²) in [5.74, 6) is 0.773. The summed E-state index contributed by atoms with van der Waals surface area (Å²) in [6.07, 6.45) is 2.65. The van der Waals surface area contributed by atoms with Gasteiger partial charge in [-0.2, -0.15) is 0 Å². The highest BCUT2D eigenvalue weighted by Crippen LogP contribution is 2.31. The van der Waals surface area contributed by atoms with Gasteiger partial charge in [-0.25, -0.2) is 9.97 Å². The third-order valence-electron chi connectivity index (χ3n) is 5.27. The minimum absolute atomic E-state index is 0.145. The van der Waals surface area contributed by atoms with Gasteiger partial charge in [0, 0.05) is 36.3 Å². The molecular formula is C22H24N4O2S. The molecular weight excluding hydrogens is 384 g/mol. The van der Waals surface area contributed by atoms with Gasteiger partial charge in [-0.1, -0.05) is 12.1 Å². The Morgan fingerprint density at radius 2 is 2.03 bits per heavy atom. The lowest BCUT2D eigenvalue weighted by molar-refractivity contribution is -0.133. The second-order valence-electron chi connectivity index (χ2n) is 7.52. The van der Waals surface area contributed by atoms with Crippen molar-refractivity contribution in [1.82, 2.24) is 14.9 Å². The number of nitrogens with zero attached hydrogens (tertiary/aromatic N) is 3. The van der Waals surface area contributed by atoms with Crippen LogP contribution < -0.4 is 5.32 Å². The Morgan fingerprint density at radius 1 is 1.21 bits per heavy atom. The third-order valence-corrected chi connectivity index (χ3v) is 6.45. The maximum Gasteiger partial charge on any atom is 0.266 e. The highest BCUT2D eigenvalue weighted by Gasteiger charge is 2.20. The summed E-state index contributed by atoms with van der Waals surface area (Å²) in [5.41, 5.74) is 3.56. The van der Waals surface area contributed by atoms with Gasteiger partial charge in [-0.3, -0.25) is 9.59 Å². The molecule has 1 N–H and O–H groups in total. The number of piperidine rings is 1. The summed E-state index contributed by atoms with van der Waals surface area (Å²) in [6, 6.07) is 7.72. The largest absolute Gasteiger partial charge is 0.338 e. The number of anilines is 1. The zero-order chi connectivity index (χ0) is 20.5. The Kier molecular flexibility index (Phi) is 5.32. The van der Waals surface area contributed by atoms with E-state index >= 15 is 0 Å². The molecule has 0 atom stereocenters. The van der Waals surface area contributed by atoms with Gasteiger partial charge < -0.3 is 10.2 Å². The number of aromatic nitrogens is 2. The molecule has 3 heterocycles. The summed E-state index contributed by atoms with van der Waals surface area (Å²) < 4.78 is 0. The standard InChI is InChI=1S/C22H24N4O2S/c1-13-19-14(2)23-15(3)24-22(19)29-20(13)21(28)25-17-8-6-7-16(11-17)12-26-10-5-4-9-18(26)27/h6-8,11H,4-5,9-10,12H2,1-3H3,(H,25,28). The van der Waals surface area contributed by atoms with Gasteiger partial charge in [-0.05, 0) is 56.9 Å². The van der Waals surface area contributed by atoms with E-state index in [0.717, 1.165) is 52.1 Å². The van der Waals surface area contributed by atoms with Crippen molar-refractivity contribution in [1.29, 1.82) is 0 Å². The fourth-order valence-electron chi connectivity index (χ4n) is 3.87. The van der Waals surface area contributed by atoms with Crippen LogP contribution in [0.2, 0.25) is 0 Å². The molecule has 0 aliphatic carbocycles. The topological polar surface area (TPSA) is 75.2 Å². The first-order valence-corrected chi connectivity index (χ1v) is 10.7. The number of nitrogens with one attached hydrogen (secondary N) is 1. The van der Waals surface area contributed by atoms with E-state index in [1.165, 1.54) is 11.3 Å². The fraction of sp³-hybridized carbons (Fsp3) is 0.364. The van der Waals surface area contributed by atoms with Crippen LogP contribution in [0.4, 0.5) is 5.69 Å². The van der Waals surface area contributed by atoms with Crippen LogP contribution in [0.3, 0.4) is 0 Å². The molecule has 0 saturated carbocycles. The van der Waals surface area contributed by atoms with Crippen molar-refractivity contribution in [3.8, 4) is 0 Å². The van der Waals surface area contributed by atoms with Crippen LogP contribution in [0.1, 0.15) is 51.6 Å². The molecule has 0 radical (unpaired) electrons. The average Bonchev–Trinajstić information content (AvgIpc) is 3.00. The Labute approximate surface area is 174 Å². The van der Waals surface area contributed by atoms with Gasteiger partial charge in [0.05, 0.1) is 4.88 Å². The number of carbonyl (C=O) groups is 2. The zero-order valence-corrected chi connectivity index (χ0v) is 17.7. The molecule has 2 aromatic heterocycles. The monoisotopic (exact) mass is 408 g/mol. The lowest BCUT2D eigenvalue weighted by atomic mass is 10.1. The van der Waals surface area contributed by atoms with Crippen LogP contribution in [0, 0.1) is 20.8 Å². The number of thiophene rings is 1. The average molecular weight is 409 g/mol. The Bertz CT molecular complexity index is 1110. The van der Waals surface area contributed by atoms with Crippen LogP contribution in [0.25, 0.3) is 10.2 Å². The summed E-state index contributed by atoms with van der Waals surface area (Å²) in [6.45, 7) is 7.14. The molecule has 1 aliphatic rings. The van der Waals surface area contributed by atoms with E-state index in [9.17, 15) is 9.59 Å². The number of fused-ring (bicyclic) bond motifs is 1. The number of rotatable bonds is 4. The maximum atomic E-state index is 12.9. The molecule has 7 heteroatoms. The van der Waals surface area contributed by atoms with Crippen LogP contribution in [-0.4, -0.2) is 33.2 Å². The highest BCUT2D eigenvalue weighted by molar-refractivity contribution is 7.20. The second-order valence-corrected chi connectivity index (χ2v) is 8.52. The van der Waals surface area contributed by atoms with Gasteiger partial charge in [-0.15, -0.1) is 11.3 Å². The normalized spacial score (nSPS) is 14.4. The molecule has 1 saturated heterocycles. The van der Waals surface area contributed by atoms with E-state index in [-0.39, 0.29) is 11.8 Å². The van der Waals surface area contributed by atoms with Crippen LogP contribution in [0.15, 0.2) is 24.3 Å². The highest BCUT2D eigenvalue weighted by atomic mass is 32.1. The van der Waals surface area contributed by atoms with E-state index < -0.39 is 0 Å². The van der Waals surface area contributed by atoms with Crippen molar-refractivity contribution in [2.24, 2.45) is 0 Å². The van der Waals surface area contributed by atoms with E-state index in [2.05, 4.69) is 15.3 Å². The molecule has 2 amide bonds. The summed E-state index contributed by atoms with van der Waals surface area (Å²) in [5, 5.41) is 3.96. The molecule has 1 aliphatic heterocycles. The van der Waals surface area contributed by atoms with Crippen molar-refractivity contribution < 1.29 is 9.59 Å². The maximum absolute atomic E-state index is 12.9. The molecule has 0 spiro atoms. The Hall–Kier alpha value is -2.80. The Balaban J connectivity index is 1.54. The lowest BCUT2D eigenvalue weighted by Gasteiger charge is -2.26. The molecule has 6 nitrogen and oxygen atoms in total. The first-order valence-electron chi connectivity index (χ1n) is 9.85. The number of likely N-dealkylation sites (tertiary alicyclic amines) is 1. The van der Waals surface area contributed by atoms with Gasteiger partial charge in [0.15, 0.2) is 0 Å². The zero-order valence-electron chi connectivity index (χ0n) is 16.9. The third kappa shape index (κ3) is 4.00. The number of carbonyl (C=O) groups excluding carboxylic acids is 2. The van der Waals surface area contributed by atoms with Crippen molar-refractivity contribution >= 4 is 39.1 Å². The van der Waals surface area contributed by atoms with Gasteiger partial charge in [0.25, 0.3) is 5.91 Å². The number of benzene rings is 1.